The highest BCUT2D eigenvalue weighted by atomic mass is 32.2. The summed E-state index contributed by atoms with van der Waals surface area (Å²) in [5.74, 6) is 2.74. The van der Waals surface area contributed by atoms with E-state index >= 15 is 0 Å². The van der Waals surface area contributed by atoms with Crippen molar-refractivity contribution in [3.63, 3.8) is 0 Å². The topological polar surface area (TPSA) is 12.4 Å². The second-order valence-electron chi connectivity index (χ2n) is 1.52. The predicted molar refractivity (Wildman–Crippen MR) is 42.7 cm³/mol. The van der Waals surface area contributed by atoms with Crippen LogP contribution in [0.25, 0.3) is 0 Å². The van der Waals surface area contributed by atoms with Crippen LogP contribution in [0.2, 0.25) is 0 Å². The molecule has 2 heteroatoms. The van der Waals surface area contributed by atoms with Gasteiger partial charge in [-0.05, 0) is 24.3 Å². The smallest absolute Gasteiger partial charge is 0.0504 e. The molecule has 0 aliphatic carbocycles. The van der Waals surface area contributed by atoms with Gasteiger partial charge in [-0.1, -0.05) is 6.08 Å². The molecule has 0 saturated carbocycles. The van der Waals surface area contributed by atoms with Crippen molar-refractivity contribution >= 4 is 17.6 Å². The number of aliphatic imine (C=N–C) groups is 1. The normalized spacial score (nSPS) is 15.4. The van der Waals surface area contributed by atoms with Crippen molar-refractivity contribution < 1.29 is 0 Å². The summed E-state index contributed by atoms with van der Waals surface area (Å²) in [5.41, 5.74) is 0. The Balaban J connectivity index is 2.78. The fourth-order valence-electron chi connectivity index (χ4n) is 0.494. The van der Waals surface area contributed by atoms with Gasteiger partial charge in [0.05, 0.1) is 6.20 Å². The molecule has 0 unspecified atom stereocenters. The minimum atomic E-state index is 1.16. The van der Waals surface area contributed by atoms with Crippen LogP contribution in [0.3, 0.4) is 0 Å². The van der Waals surface area contributed by atoms with E-state index in [1.807, 2.05) is 18.4 Å². The first-order valence-electron chi connectivity index (χ1n) is 2.63. The second-order valence-corrected chi connectivity index (χ2v) is 2.40. The summed E-state index contributed by atoms with van der Waals surface area (Å²) in [6.45, 7) is 0. The van der Waals surface area contributed by atoms with Crippen molar-refractivity contribution in [3.05, 3.63) is 29.3 Å². The lowest BCUT2D eigenvalue weighted by Crippen LogP contribution is -1.62. The van der Waals surface area contributed by atoms with Gasteiger partial charge in [-0.15, -0.1) is 11.8 Å². The molecule has 46 valence electrons. The van der Waals surface area contributed by atoms with Crippen LogP contribution in [-0.4, -0.2) is 12.1 Å². The Morgan fingerprint density at radius 1 is 1.67 bits per heavy atom. The van der Waals surface area contributed by atoms with Crippen LogP contribution in [0.1, 0.15) is 0 Å². The third-order valence-corrected chi connectivity index (χ3v) is 1.65. The van der Waals surface area contributed by atoms with Crippen molar-refractivity contribution in [2.75, 3.05) is 6.26 Å². The van der Waals surface area contributed by atoms with Crippen LogP contribution in [0.4, 0.5) is 0 Å². The molecule has 0 atom stereocenters. The summed E-state index contributed by atoms with van der Waals surface area (Å²) in [6, 6.07) is 0. The van der Waals surface area contributed by atoms with Gasteiger partial charge in [-0.3, -0.25) is 0 Å². The number of hydrogen-bond donors (Lipinski definition) is 0. The Kier molecular flexibility index (Phi) is 2.37. The summed E-state index contributed by atoms with van der Waals surface area (Å²) in [6.07, 6.45) is 9.55. The highest BCUT2D eigenvalue weighted by Gasteiger charge is 1.85. The third-order valence-electron chi connectivity index (χ3n) is 0.933. The quantitative estimate of drug-likeness (QED) is 0.538. The molecule has 1 heterocycles. The highest BCUT2D eigenvalue weighted by Crippen LogP contribution is 2.13. The minimum Gasteiger partial charge on any atom is -0.213 e. The fourth-order valence-corrected chi connectivity index (χ4v) is 0.866. The molecule has 1 aliphatic rings. The largest absolute Gasteiger partial charge is 0.213 e. The first-order valence-corrected chi connectivity index (χ1v) is 3.85. The van der Waals surface area contributed by atoms with Gasteiger partial charge in [-0.2, -0.15) is 0 Å². The monoisotopic (exact) mass is 137 g/mol. The van der Waals surface area contributed by atoms with E-state index in [1.165, 1.54) is 0 Å². The molecule has 1 rings (SSSR count). The molecule has 0 N–H and O–H groups in total. The van der Waals surface area contributed by atoms with Crippen molar-refractivity contribution in [3.8, 4) is 0 Å². The Morgan fingerprint density at radius 2 is 2.56 bits per heavy atom. The molecule has 0 aromatic carbocycles. The van der Waals surface area contributed by atoms with Gasteiger partial charge in [0.15, 0.2) is 0 Å². The van der Waals surface area contributed by atoms with Crippen molar-refractivity contribution in [1.29, 1.82) is 0 Å². The summed E-state index contributed by atoms with van der Waals surface area (Å²) < 4.78 is 0. The lowest BCUT2D eigenvalue weighted by atomic mass is 10.5. The van der Waals surface area contributed by atoms with E-state index in [1.54, 1.807) is 24.0 Å². The SMILES string of the molecule is CSC1=CN=C=CC=C1. The van der Waals surface area contributed by atoms with E-state index in [4.69, 9.17) is 0 Å². The lowest BCUT2D eigenvalue weighted by Gasteiger charge is -1.88. The molecule has 0 fully saturated rings. The second kappa shape index (κ2) is 3.33. The number of nitrogens with zero attached hydrogens (tertiary/aromatic N) is 1. The van der Waals surface area contributed by atoms with Crippen molar-refractivity contribution in [2.45, 2.75) is 0 Å². The van der Waals surface area contributed by atoms with Gasteiger partial charge in [-0.25, -0.2) is 4.99 Å². The molecular weight excluding hydrogens is 130 g/mol. The summed E-state index contributed by atoms with van der Waals surface area (Å²) in [7, 11) is 0. The lowest BCUT2D eigenvalue weighted by molar-refractivity contribution is 1.60. The molecule has 0 spiro atoms. The van der Waals surface area contributed by atoms with Crippen LogP contribution >= 0.6 is 11.8 Å². The average Bonchev–Trinajstić information content (AvgIpc) is 2.13. The molecule has 0 amide bonds. The maximum Gasteiger partial charge on any atom is 0.0504 e. The molecule has 0 bridgehead atoms. The van der Waals surface area contributed by atoms with Crippen molar-refractivity contribution in [1.82, 2.24) is 0 Å². The fraction of sp³-hybridized carbons (Fsp3) is 0.143. The van der Waals surface area contributed by atoms with E-state index in [0.717, 1.165) is 4.91 Å². The van der Waals surface area contributed by atoms with Gasteiger partial charge in [0.1, 0.15) is 0 Å². The number of allylic oxidation sites excluding steroid dienone is 3. The maximum absolute atomic E-state index is 3.87. The van der Waals surface area contributed by atoms with Gasteiger partial charge in [0.25, 0.3) is 0 Å². The summed E-state index contributed by atoms with van der Waals surface area (Å²) in [5, 5.41) is 0. The first-order chi connectivity index (χ1) is 4.43. The zero-order valence-electron chi connectivity index (χ0n) is 5.16. The number of thioether (sulfide) groups is 1. The molecule has 0 saturated heterocycles. The molecule has 1 nitrogen and oxygen atoms in total. The Labute approximate surface area is 58.9 Å². The van der Waals surface area contributed by atoms with Gasteiger partial charge in [0.2, 0.25) is 0 Å². The average molecular weight is 137 g/mol. The summed E-state index contributed by atoms with van der Waals surface area (Å²) >= 11 is 1.68. The van der Waals surface area contributed by atoms with Crippen LogP contribution in [0, 0.1) is 0 Å². The van der Waals surface area contributed by atoms with E-state index in [0.29, 0.717) is 0 Å². The van der Waals surface area contributed by atoms with Gasteiger partial charge in [0, 0.05) is 4.91 Å². The highest BCUT2D eigenvalue weighted by molar-refractivity contribution is 8.02. The van der Waals surface area contributed by atoms with E-state index in [-0.39, 0.29) is 0 Å². The molecule has 0 aromatic heterocycles. The minimum absolute atomic E-state index is 1.16. The first kappa shape index (κ1) is 6.40. The Morgan fingerprint density at radius 3 is 3.33 bits per heavy atom. The molecule has 1 aliphatic heterocycles. The van der Waals surface area contributed by atoms with Crippen LogP contribution in [0.5, 0.6) is 0 Å². The zero-order chi connectivity index (χ0) is 6.53. The van der Waals surface area contributed by atoms with E-state index in [2.05, 4.69) is 10.9 Å². The van der Waals surface area contributed by atoms with Crippen LogP contribution in [-0.2, 0) is 0 Å². The van der Waals surface area contributed by atoms with Gasteiger partial charge >= 0.3 is 0 Å². The van der Waals surface area contributed by atoms with Crippen LogP contribution in [0.15, 0.2) is 34.3 Å². The zero-order valence-corrected chi connectivity index (χ0v) is 5.98. The summed E-state index contributed by atoms with van der Waals surface area (Å²) in [4.78, 5) is 5.04. The maximum atomic E-state index is 3.87. The van der Waals surface area contributed by atoms with Gasteiger partial charge < -0.3 is 0 Å². The predicted octanol–water partition coefficient (Wildman–Crippen LogP) is 1.99. The molecule has 0 radical (unpaired) electrons. The standard InChI is InChI=1S/C7H7NS/c1-9-7-4-2-3-5-8-6-7/h2-4,6H,1H3. The Hall–Kier alpha value is -0.720. The number of rotatable bonds is 1. The Bertz CT molecular complexity index is 207. The third kappa shape index (κ3) is 1.92. The van der Waals surface area contributed by atoms with Crippen LogP contribution < -0.4 is 0 Å². The van der Waals surface area contributed by atoms with Crippen molar-refractivity contribution in [2.24, 2.45) is 4.99 Å². The molecule has 0 aromatic rings. The number of hydrogen-bond acceptors (Lipinski definition) is 2. The van der Waals surface area contributed by atoms with E-state index in [9.17, 15) is 0 Å². The molecular formula is C7H7NS. The van der Waals surface area contributed by atoms with E-state index < -0.39 is 0 Å². The molecule has 9 heavy (non-hydrogen) atoms.